The van der Waals surface area contributed by atoms with E-state index in [0.29, 0.717) is 13.1 Å². The summed E-state index contributed by atoms with van der Waals surface area (Å²) in [5, 5.41) is 2.91. The van der Waals surface area contributed by atoms with Crippen molar-refractivity contribution in [2.24, 2.45) is 0 Å². The van der Waals surface area contributed by atoms with Gasteiger partial charge in [-0.1, -0.05) is 24.3 Å². The molecule has 0 saturated heterocycles. The second-order valence-electron chi connectivity index (χ2n) is 4.26. The first kappa shape index (κ1) is 12.4. The van der Waals surface area contributed by atoms with Gasteiger partial charge in [0.1, 0.15) is 6.54 Å². The predicted molar refractivity (Wildman–Crippen MR) is 70.1 cm³/mol. The van der Waals surface area contributed by atoms with Crippen LogP contribution in [-0.4, -0.2) is 22.0 Å². The van der Waals surface area contributed by atoms with Crippen molar-refractivity contribution in [3.63, 3.8) is 0 Å². The van der Waals surface area contributed by atoms with Gasteiger partial charge in [0.2, 0.25) is 5.91 Å². The van der Waals surface area contributed by atoms with E-state index in [9.17, 15) is 4.79 Å². The summed E-state index contributed by atoms with van der Waals surface area (Å²) >= 11 is 0. The topological polar surface area (TPSA) is 46.9 Å². The Hall–Kier alpha value is -2.10. The number of carbonyl (C=O) groups excluding carboxylic acids is 1. The number of aromatic nitrogens is 2. The average molecular weight is 243 g/mol. The van der Waals surface area contributed by atoms with Gasteiger partial charge in [0.25, 0.3) is 0 Å². The number of nitrogens with zero attached hydrogens (tertiary/aromatic N) is 2. The third-order valence-electron chi connectivity index (χ3n) is 2.86. The maximum atomic E-state index is 11.6. The lowest BCUT2D eigenvalue weighted by Crippen LogP contribution is -2.29. The van der Waals surface area contributed by atoms with Crippen molar-refractivity contribution in [1.29, 1.82) is 0 Å². The Balaban J connectivity index is 1.75. The van der Waals surface area contributed by atoms with Crippen LogP contribution in [0.3, 0.4) is 0 Å². The van der Waals surface area contributed by atoms with Crippen LogP contribution in [0.5, 0.6) is 0 Å². The zero-order valence-electron chi connectivity index (χ0n) is 10.5. The van der Waals surface area contributed by atoms with Gasteiger partial charge in [0.15, 0.2) is 0 Å². The van der Waals surface area contributed by atoms with Crippen LogP contribution in [-0.2, 0) is 17.8 Å². The molecule has 0 unspecified atom stereocenters. The summed E-state index contributed by atoms with van der Waals surface area (Å²) < 4.78 is 1.75. The molecule has 0 aliphatic carbocycles. The van der Waals surface area contributed by atoms with E-state index in [2.05, 4.69) is 29.4 Å². The Bertz CT molecular complexity index is 506. The lowest BCUT2D eigenvalue weighted by atomic mass is 10.1. The zero-order valence-corrected chi connectivity index (χ0v) is 10.5. The third-order valence-corrected chi connectivity index (χ3v) is 2.86. The number of imidazole rings is 1. The first-order valence-corrected chi connectivity index (χ1v) is 6.02. The molecule has 0 atom stereocenters. The number of amides is 1. The van der Waals surface area contributed by atoms with Crippen LogP contribution < -0.4 is 5.32 Å². The van der Waals surface area contributed by atoms with Crippen LogP contribution in [0.25, 0.3) is 0 Å². The fourth-order valence-corrected chi connectivity index (χ4v) is 1.83. The van der Waals surface area contributed by atoms with E-state index in [1.807, 2.05) is 12.1 Å². The highest BCUT2D eigenvalue weighted by Gasteiger charge is 2.02. The van der Waals surface area contributed by atoms with Gasteiger partial charge in [0, 0.05) is 18.9 Å². The number of aryl methyl sites for hydroxylation is 1. The van der Waals surface area contributed by atoms with Crippen molar-refractivity contribution in [1.82, 2.24) is 14.9 Å². The minimum absolute atomic E-state index is 0.0154. The van der Waals surface area contributed by atoms with Crippen LogP contribution in [0.1, 0.15) is 11.1 Å². The lowest BCUT2D eigenvalue weighted by molar-refractivity contribution is -0.121. The number of benzene rings is 1. The van der Waals surface area contributed by atoms with Gasteiger partial charge >= 0.3 is 0 Å². The van der Waals surface area contributed by atoms with Gasteiger partial charge in [-0.25, -0.2) is 4.98 Å². The largest absolute Gasteiger partial charge is 0.354 e. The molecular formula is C14H17N3O. The fourth-order valence-electron chi connectivity index (χ4n) is 1.83. The minimum atomic E-state index is 0.0154. The van der Waals surface area contributed by atoms with Crippen molar-refractivity contribution in [2.45, 2.75) is 19.9 Å². The molecule has 0 bridgehead atoms. The molecule has 1 heterocycles. The zero-order chi connectivity index (χ0) is 12.8. The molecule has 0 fully saturated rings. The molecule has 1 aromatic heterocycles. The van der Waals surface area contributed by atoms with E-state index in [1.165, 1.54) is 11.1 Å². The van der Waals surface area contributed by atoms with E-state index in [0.717, 1.165) is 6.42 Å². The molecule has 1 aromatic carbocycles. The Kier molecular flexibility index (Phi) is 4.12. The SMILES string of the molecule is Cc1ccccc1CCNC(=O)Cn1ccnc1. The second-order valence-corrected chi connectivity index (χ2v) is 4.26. The third kappa shape index (κ3) is 3.45. The molecule has 2 rings (SSSR count). The highest BCUT2D eigenvalue weighted by molar-refractivity contribution is 5.75. The van der Waals surface area contributed by atoms with E-state index in [1.54, 1.807) is 23.3 Å². The predicted octanol–water partition coefficient (Wildman–Crippen LogP) is 1.55. The Labute approximate surface area is 107 Å². The molecule has 4 nitrogen and oxygen atoms in total. The van der Waals surface area contributed by atoms with Crippen molar-refractivity contribution >= 4 is 5.91 Å². The quantitative estimate of drug-likeness (QED) is 0.866. The average Bonchev–Trinajstić information content (AvgIpc) is 2.84. The van der Waals surface area contributed by atoms with Crippen LogP contribution in [0.2, 0.25) is 0 Å². The summed E-state index contributed by atoms with van der Waals surface area (Å²) in [6.45, 7) is 3.08. The number of hydrogen-bond donors (Lipinski definition) is 1. The van der Waals surface area contributed by atoms with Gasteiger partial charge in [-0.2, -0.15) is 0 Å². The summed E-state index contributed by atoms with van der Waals surface area (Å²) in [4.78, 5) is 15.5. The summed E-state index contributed by atoms with van der Waals surface area (Å²) in [6, 6.07) is 8.23. The summed E-state index contributed by atoms with van der Waals surface area (Å²) in [7, 11) is 0. The summed E-state index contributed by atoms with van der Waals surface area (Å²) in [5.74, 6) is 0.0154. The second kappa shape index (κ2) is 6.00. The molecule has 2 aromatic rings. The standard InChI is InChI=1S/C14H17N3O/c1-12-4-2-3-5-13(12)6-7-16-14(18)10-17-9-8-15-11-17/h2-5,8-9,11H,6-7,10H2,1H3,(H,16,18). The summed E-state index contributed by atoms with van der Waals surface area (Å²) in [6.07, 6.45) is 5.95. The molecule has 18 heavy (non-hydrogen) atoms. The molecule has 0 aliphatic heterocycles. The molecule has 0 aliphatic rings. The van der Waals surface area contributed by atoms with Crippen molar-refractivity contribution in [2.75, 3.05) is 6.54 Å². The van der Waals surface area contributed by atoms with Crippen LogP contribution in [0.4, 0.5) is 0 Å². The van der Waals surface area contributed by atoms with Crippen LogP contribution >= 0.6 is 0 Å². The molecule has 0 spiro atoms. The monoisotopic (exact) mass is 243 g/mol. The molecular weight excluding hydrogens is 226 g/mol. The number of hydrogen-bond acceptors (Lipinski definition) is 2. The first-order valence-electron chi connectivity index (χ1n) is 6.02. The highest BCUT2D eigenvalue weighted by atomic mass is 16.1. The van der Waals surface area contributed by atoms with Gasteiger partial charge in [-0.15, -0.1) is 0 Å². The van der Waals surface area contributed by atoms with E-state index < -0.39 is 0 Å². The first-order chi connectivity index (χ1) is 8.75. The van der Waals surface area contributed by atoms with E-state index in [-0.39, 0.29) is 5.91 Å². The van der Waals surface area contributed by atoms with Gasteiger partial charge < -0.3 is 9.88 Å². The van der Waals surface area contributed by atoms with Crippen LogP contribution in [0, 0.1) is 6.92 Å². The Morgan fingerprint density at radius 3 is 2.94 bits per heavy atom. The van der Waals surface area contributed by atoms with E-state index in [4.69, 9.17) is 0 Å². The highest BCUT2D eigenvalue weighted by Crippen LogP contribution is 2.06. The Morgan fingerprint density at radius 1 is 1.39 bits per heavy atom. The number of rotatable bonds is 5. The van der Waals surface area contributed by atoms with E-state index >= 15 is 0 Å². The maximum Gasteiger partial charge on any atom is 0.239 e. The molecule has 0 radical (unpaired) electrons. The van der Waals surface area contributed by atoms with Crippen molar-refractivity contribution < 1.29 is 4.79 Å². The normalized spacial score (nSPS) is 10.3. The van der Waals surface area contributed by atoms with Gasteiger partial charge in [-0.3, -0.25) is 4.79 Å². The Morgan fingerprint density at radius 2 is 2.22 bits per heavy atom. The van der Waals surface area contributed by atoms with Crippen LogP contribution in [0.15, 0.2) is 43.0 Å². The minimum Gasteiger partial charge on any atom is -0.354 e. The lowest BCUT2D eigenvalue weighted by Gasteiger charge is -2.07. The molecule has 1 N–H and O–H groups in total. The van der Waals surface area contributed by atoms with Crippen molar-refractivity contribution in [3.8, 4) is 0 Å². The molecule has 4 heteroatoms. The van der Waals surface area contributed by atoms with Gasteiger partial charge in [-0.05, 0) is 24.5 Å². The maximum absolute atomic E-state index is 11.6. The number of nitrogens with one attached hydrogen (secondary N) is 1. The van der Waals surface area contributed by atoms with Gasteiger partial charge in [0.05, 0.1) is 6.33 Å². The molecule has 1 amide bonds. The fraction of sp³-hybridized carbons (Fsp3) is 0.286. The molecule has 0 saturated carbocycles. The smallest absolute Gasteiger partial charge is 0.239 e. The molecule has 94 valence electrons. The van der Waals surface area contributed by atoms with Crippen molar-refractivity contribution in [3.05, 3.63) is 54.1 Å². The summed E-state index contributed by atoms with van der Waals surface area (Å²) in [5.41, 5.74) is 2.54. The number of carbonyl (C=O) groups is 1.